The molecular weight excluding hydrogens is 263 g/mol. The van der Waals surface area contributed by atoms with Crippen LogP contribution in [0.15, 0.2) is 12.1 Å². The van der Waals surface area contributed by atoms with Gasteiger partial charge in [0, 0.05) is 10.1 Å². The number of hydrogen-bond donors (Lipinski definition) is 2. The van der Waals surface area contributed by atoms with E-state index in [1.807, 2.05) is 6.07 Å². The number of halogens is 1. The topological polar surface area (TPSA) is 38.0 Å². The van der Waals surface area contributed by atoms with E-state index in [1.165, 1.54) is 15.6 Å². The Bertz CT molecular complexity index is 279. The molecule has 3 heteroatoms. The van der Waals surface area contributed by atoms with Crippen molar-refractivity contribution in [1.29, 1.82) is 0 Å². The van der Waals surface area contributed by atoms with Gasteiger partial charge in [-0.15, -0.1) is 0 Å². The highest BCUT2D eigenvalue weighted by Crippen LogP contribution is 2.31. The molecule has 0 aliphatic carbocycles. The van der Waals surface area contributed by atoms with Crippen molar-refractivity contribution >= 4 is 34.0 Å². The van der Waals surface area contributed by atoms with Gasteiger partial charge in [-0.05, 0) is 53.1 Å². The zero-order valence-corrected chi connectivity index (χ0v) is 8.89. The van der Waals surface area contributed by atoms with Crippen LogP contribution in [0.2, 0.25) is 0 Å². The van der Waals surface area contributed by atoms with Crippen LogP contribution in [0.1, 0.15) is 12.0 Å². The van der Waals surface area contributed by atoms with Crippen molar-refractivity contribution in [3.8, 4) is 0 Å². The molecule has 0 fully saturated rings. The van der Waals surface area contributed by atoms with E-state index in [9.17, 15) is 0 Å². The number of nitrogens with two attached hydrogens (primary N) is 1. The first-order valence-electron chi connectivity index (χ1n) is 4.10. The fourth-order valence-corrected chi connectivity index (χ4v) is 2.29. The highest BCUT2D eigenvalue weighted by Gasteiger charge is 2.13. The molecule has 0 bridgehead atoms. The van der Waals surface area contributed by atoms with Gasteiger partial charge >= 0.3 is 0 Å². The fraction of sp³-hybridized carbons (Fsp3) is 0.333. The maximum atomic E-state index is 5.84. The van der Waals surface area contributed by atoms with E-state index in [1.54, 1.807) is 0 Å². The largest absolute Gasteiger partial charge is 0.397 e. The Morgan fingerprint density at radius 1 is 1.42 bits per heavy atom. The zero-order valence-electron chi connectivity index (χ0n) is 6.73. The summed E-state index contributed by atoms with van der Waals surface area (Å²) in [6, 6.07) is 4.06. The minimum atomic E-state index is 0.880. The minimum absolute atomic E-state index is 0.880. The third-order valence-electron chi connectivity index (χ3n) is 2.19. The number of benzene rings is 1. The zero-order chi connectivity index (χ0) is 8.55. The van der Waals surface area contributed by atoms with E-state index in [2.05, 4.69) is 34.0 Å². The Morgan fingerprint density at radius 3 is 3.00 bits per heavy atom. The second kappa shape index (κ2) is 3.12. The molecule has 0 amide bonds. The molecule has 64 valence electrons. The molecule has 0 atom stereocenters. The standard InChI is InChI=1S/C9H11IN2/c10-7-3-4-8(11)9-6(7)2-1-5-12-9/h3-4,12H,1-2,5,11H2. The first-order chi connectivity index (χ1) is 5.79. The Labute approximate surface area is 85.7 Å². The maximum absolute atomic E-state index is 5.84. The summed E-state index contributed by atoms with van der Waals surface area (Å²) in [6.45, 7) is 1.05. The first-order valence-corrected chi connectivity index (χ1v) is 5.17. The molecule has 1 aliphatic heterocycles. The van der Waals surface area contributed by atoms with Gasteiger partial charge in [-0.1, -0.05) is 0 Å². The molecule has 0 unspecified atom stereocenters. The molecule has 1 aromatic carbocycles. The summed E-state index contributed by atoms with van der Waals surface area (Å²) in [5.41, 5.74) is 9.28. The van der Waals surface area contributed by atoms with Crippen molar-refractivity contribution in [1.82, 2.24) is 0 Å². The van der Waals surface area contributed by atoms with Crippen LogP contribution in [-0.2, 0) is 6.42 Å². The third-order valence-corrected chi connectivity index (χ3v) is 3.20. The predicted octanol–water partition coefficient (Wildman–Crippen LogP) is 2.23. The van der Waals surface area contributed by atoms with Crippen molar-refractivity contribution in [3.05, 3.63) is 21.3 Å². The number of nitrogen functional groups attached to an aromatic ring is 1. The Morgan fingerprint density at radius 2 is 2.25 bits per heavy atom. The number of hydrogen-bond acceptors (Lipinski definition) is 2. The Kier molecular flexibility index (Phi) is 2.12. The van der Waals surface area contributed by atoms with E-state index < -0.39 is 0 Å². The van der Waals surface area contributed by atoms with Gasteiger partial charge in [-0.25, -0.2) is 0 Å². The molecule has 0 saturated carbocycles. The Balaban J connectivity index is 2.57. The van der Waals surface area contributed by atoms with Gasteiger partial charge in [0.1, 0.15) is 0 Å². The molecule has 0 aromatic heterocycles. The van der Waals surface area contributed by atoms with Crippen LogP contribution >= 0.6 is 22.6 Å². The first kappa shape index (κ1) is 8.16. The second-order valence-corrected chi connectivity index (χ2v) is 4.18. The number of fused-ring (bicyclic) bond motifs is 1. The van der Waals surface area contributed by atoms with Crippen LogP contribution in [0, 0.1) is 3.57 Å². The summed E-state index contributed by atoms with van der Waals surface area (Å²) in [6.07, 6.45) is 2.37. The second-order valence-electron chi connectivity index (χ2n) is 3.02. The lowest BCUT2D eigenvalue weighted by Crippen LogP contribution is -2.14. The number of nitrogens with one attached hydrogen (secondary N) is 1. The van der Waals surface area contributed by atoms with Crippen molar-refractivity contribution in [2.45, 2.75) is 12.8 Å². The van der Waals surface area contributed by atoms with Gasteiger partial charge in [-0.2, -0.15) is 0 Å². The average Bonchev–Trinajstić information content (AvgIpc) is 2.12. The molecule has 3 N–H and O–H groups in total. The van der Waals surface area contributed by atoms with Crippen LogP contribution in [-0.4, -0.2) is 6.54 Å². The van der Waals surface area contributed by atoms with Gasteiger partial charge in [0.25, 0.3) is 0 Å². The van der Waals surface area contributed by atoms with Crippen molar-refractivity contribution in [3.63, 3.8) is 0 Å². The van der Waals surface area contributed by atoms with E-state index in [-0.39, 0.29) is 0 Å². The molecule has 2 rings (SSSR count). The summed E-state index contributed by atoms with van der Waals surface area (Å²) >= 11 is 2.36. The fourth-order valence-electron chi connectivity index (χ4n) is 1.57. The maximum Gasteiger partial charge on any atom is 0.0617 e. The van der Waals surface area contributed by atoms with E-state index >= 15 is 0 Å². The van der Waals surface area contributed by atoms with Crippen molar-refractivity contribution in [2.75, 3.05) is 17.6 Å². The molecule has 0 radical (unpaired) electrons. The highest BCUT2D eigenvalue weighted by molar-refractivity contribution is 14.1. The van der Waals surface area contributed by atoms with Crippen LogP contribution in [0.3, 0.4) is 0 Å². The molecule has 2 nitrogen and oxygen atoms in total. The summed E-state index contributed by atoms with van der Waals surface area (Å²) in [7, 11) is 0. The van der Waals surface area contributed by atoms with Crippen LogP contribution < -0.4 is 11.1 Å². The normalized spacial score (nSPS) is 15.1. The van der Waals surface area contributed by atoms with E-state index in [0.717, 1.165) is 24.3 Å². The van der Waals surface area contributed by atoms with Gasteiger partial charge in [-0.3, -0.25) is 0 Å². The van der Waals surface area contributed by atoms with Crippen LogP contribution in [0.25, 0.3) is 0 Å². The van der Waals surface area contributed by atoms with Gasteiger partial charge in [0.2, 0.25) is 0 Å². The SMILES string of the molecule is Nc1ccc(I)c2c1NCCC2. The van der Waals surface area contributed by atoms with E-state index in [0.29, 0.717) is 0 Å². The number of anilines is 2. The number of rotatable bonds is 0. The van der Waals surface area contributed by atoms with Gasteiger partial charge in [0.05, 0.1) is 11.4 Å². The monoisotopic (exact) mass is 274 g/mol. The predicted molar refractivity (Wildman–Crippen MR) is 60.4 cm³/mol. The van der Waals surface area contributed by atoms with Crippen molar-refractivity contribution < 1.29 is 0 Å². The van der Waals surface area contributed by atoms with Crippen LogP contribution in [0.4, 0.5) is 11.4 Å². The molecule has 0 saturated heterocycles. The average molecular weight is 274 g/mol. The minimum Gasteiger partial charge on any atom is -0.397 e. The summed E-state index contributed by atoms with van der Waals surface area (Å²) < 4.78 is 1.32. The summed E-state index contributed by atoms with van der Waals surface area (Å²) in [5.74, 6) is 0. The third kappa shape index (κ3) is 1.26. The molecule has 1 aliphatic rings. The van der Waals surface area contributed by atoms with Gasteiger partial charge < -0.3 is 11.1 Å². The van der Waals surface area contributed by atoms with Crippen molar-refractivity contribution in [2.24, 2.45) is 0 Å². The van der Waals surface area contributed by atoms with Crippen LogP contribution in [0.5, 0.6) is 0 Å². The lowest BCUT2D eigenvalue weighted by atomic mass is 10.0. The van der Waals surface area contributed by atoms with E-state index in [4.69, 9.17) is 5.73 Å². The summed E-state index contributed by atoms with van der Waals surface area (Å²) in [5, 5.41) is 3.34. The lowest BCUT2D eigenvalue weighted by molar-refractivity contribution is 0.827. The van der Waals surface area contributed by atoms with Gasteiger partial charge in [0.15, 0.2) is 0 Å². The molecule has 1 heterocycles. The summed E-state index contributed by atoms with van der Waals surface area (Å²) in [4.78, 5) is 0. The quantitative estimate of drug-likeness (QED) is 0.562. The smallest absolute Gasteiger partial charge is 0.0617 e. The Hall–Kier alpha value is -0.450. The molecule has 12 heavy (non-hydrogen) atoms. The molecule has 1 aromatic rings. The molecular formula is C9H11IN2. The highest BCUT2D eigenvalue weighted by atomic mass is 127. The molecule has 0 spiro atoms. The lowest BCUT2D eigenvalue weighted by Gasteiger charge is -2.20.